The van der Waals surface area contributed by atoms with Crippen molar-refractivity contribution in [2.45, 2.75) is 79.2 Å². The molecule has 2 aromatic carbocycles. The number of amides is 3. The highest BCUT2D eigenvalue weighted by Crippen LogP contribution is 2.31. The number of aryl methyl sites for hydroxylation is 3. The summed E-state index contributed by atoms with van der Waals surface area (Å²) in [6.45, 7) is 14.5. The number of piperazine rings is 1. The molecule has 298 valence electrons. The molecule has 5 aromatic rings. The van der Waals surface area contributed by atoms with Crippen LogP contribution in [0.3, 0.4) is 0 Å². The summed E-state index contributed by atoms with van der Waals surface area (Å²) in [6, 6.07) is 19.9. The fraction of sp³-hybridized carbons (Fsp3) is 0.409. The van der Waals surface area contributed by atoms with E-state index in [-0.39, 0.29) is 41.7 Å². The molecule has 13 heteroatoms. The first-order chi connectivity index (χ1) is 27.7. The van der Waals surface area contributed by atoms with Gasteiger partial charge in [-0.2, -0.15) is 5.10 Å². The number of fused-ring (bicyclic) bond motifs is 1. The molecule has 3 N–H and O–H groups in total. The number of pyridine rings is 2. The largest absolute Gasteiger partial charge is 0.381 e. The normalized spacial score (nSPS) is 15.1. The van der Waals surface area contributed by atoms with Gasteiger partial charge < -0.3 is 25.6 Å². The molecule has 7 rings (SSSR count). The van der Waals surface area contributed by atoms with Gasteiger partial charge in [0.1, 0.15) is 11.4 Å². The zero-order chi connectivity index (χ0) is 39.9. The van der Waals surface area contributed by atoms with Crippen LogP contribution in [0.25, 0.3) is 22.2 Å². The van der Waals surface area contributed by atoms with Crippen molar-refractivity contribution in [2.75, 3.05) is 44.7 Å². The molecule has 0 atom stereocenters. The van der Waals surface area contributed by atoms with E-state index >= 15 is 0 Å². The number of ether oxygens (including phenoxy) is 1. The standard InChI is InChI=1S/C44H53N9O4/c1-5-38-36(41(48-34-15-21-57-22-16-34)37-27-47-53(6-2)42(37)50-38)26-46-44(56)40-12-8-11-39(49-40)43(55)45-25-31-14-13-29(3)35(24-31)33-10-7-9-32(23-33)28-51-17-19-52(20-18-51)30(4)54/h7-14,23-24,27,34H,5-6,15-22,25-26,28H2,1-4H3,(H,45,55)(H,46,56)(H,48,50). The summed E-state index contributed by atoms with van der Waals surface area (Å²) in [4.78, 5) is 52.4. The number of anilines is 1. The van der Waals surface area contributed by atoms with Crippen LogP contribution in [-0.2, 0) is 42.1 Å². The number of carbonyl (C=O) groups excluding carboxylic acids is 3. The molecule has 2 saturated heterocycles. The first-order valence-corrected chi connectivity index (χ1v) is 20.1. The average molecular weight is 772 g/mol. The molecular weight excluding hydrogens is 719 g/mol. The number of aromatic nitrogens is 4. The molecule has 0 saturated carbocycles. The Morgan fingerprint density at radius 2 is 1.56 bits per heavy atom. The van der Waals surface area contributed by atoms with E-state index in [9.17, 15) is 14.4 Å². The van der Waals surface area contributed by atoms with Crippen molar-refractivity contribution in [2.24, 2.45) is 0 Å². The number of nitrogens with one attached hydrogen (secondary N) is 3. The van der Waals surface area contributed by atoms with Gasteiger partial charge in [-0.15, -0.1) is 0 Å². The second-order valence-electron chi connectivity index (χ2n) is 14.9. The summed E-state index contributed by atoms with van der Waals surface area (Å²) >= 11 is 0. The summed E-state index contributed by atoms with van der Waals surface area (Å²) in [6.07, 6.45) is 4.31. The third kappa shape index (κ3) is 9.32. The second-order valence-corrected chi connectivity index (χ2v) is 14.9. The lowest BCUT2D eigenvalue weighted by atomic mass is 9.96. The molecule has 13 nitrogen and oxygen atoms in total. The molecule has 0 aliphatic carbocycles. The van der Waals surface area contributed by atoms with E-state index in [0.717, 1.165) is 95.8 Å². The number of carbonyl (C=O) groups is 3. The Hall–Kier alpha value is -5.66. The molecule has 5 heterocycles. The monoisotopic (exact) mass is 771 g/mol. The smallest absolute Gasteiger partial charge is 0.270 e. The fourth-order valence-electron chi connectivity index (χ4n) is 7.73. The van der Waals surface area contributed by atoms with Crippen LogP contribution in [-0.4, -0.2) is 92.7 Å². The predicted octanol–water partition coefficient (Wildman–Crippen LogP) is 5.50. The lowest BCUT2D eigenvalue weighted by Gasteiger charge is -2.34. The summed E-state index contributed by atoms with van der Waals surface area (Å²) < 4.78 is 7.49. The SMILES string of the molecule is CCc1nc2c(cnn2CC)c(NC2CCOCC2)c1CNC(=O)c1cccc(C(=O)NCc2ccc(C)c(-c3cccc(CN4CCN(C(C)=O)CC4)c3)c2)n1. The van der Waals surface area contributed by atoms with Crippen molar-refractivity contribution in [3.63, 3.8) is 0 Å². The van der Waals surface area contributed by atoms with E-state index in [1.165, 1.54) is 5.56 Å². The third-order valence-corrected chi connectivity index (χ3v) is 11.0. The number of rotatable bonds is 13. The van der Waals surface area contributed by atoms with Crippen LogP contribution in [0.5, 0.6) is 0 Å². The maximum atomic E-state index is 13.6. The van der Waals surface area contributed by atoms with Gasteiger partial charge in [0.05, 0.1) is 17.3 Å². The third-order valence-electron chi connectivity index (χ3n) is 11.0. The fourth-order valence-corrected chi connectivity index (χ4v) is 7.73. The summed E-state index contributed by atoms with van der Waals surface area (Å²) in [5, 5.41) is 15.3. The van der Waals surface area contributed by atoms with Crippen LogP contribution in [0.15, 0.2) is 66.9 Å². The van der Waals surface area contributed by atoms with E-state index in [2.05, 4.69) is 81.2 Å². The number of hydrogen-bond acceptors (Lipinski definition) is 9. The Morgan fingerprint density at radius 3 is 2.26 bits per heavy atom. The summed E-state index contributed by atoms with van der Waals surface area (Å²) in [5.74, 6) is -0.608. The van der Waals surface area contributed by atoms with Gasteiger partial charge in [-0.25, -0.2) is 14.6 Å². The van der Waals surface area contributed by atoms with Crippen molar-refractivity contribution in [1.29, 1.82) is 0 Å². The van der Waals surface area contributed by atoms with Gasteiger partial charge in [-0.05, 0) is 85.2 Å². The molecule has 0 bridgehead atoms. The molecule has 3 amide bonds. The highest BCUT2D eigenvalue weighted by Gasteiger charge is 2.23. The Morgan fingerprint density at radius 1 is 0.842 bits per heavy atom. The molecule has 57 heavy (non-hydrogen) atoms. The molecule has 2 aliphatic rings. The van der Waals surface area contributed by atoms with Crippen molar-refractivity contribution in [3.8, 4) is 11.1 Å². The summed E-state index contributed by atoms with van der Waals surface area (Å²) in [5.41, 5.74) is 9.43. The summed E-state index contributed by atoms with van der Waals surface area (Å²) in [7, 11) is 0. The van der Waals surface area contributed by atoms with Crippen LogP contribution in [0.2, 0.25) is 0 Å². The Labute approximate surface area is 334 Å². The van der Waals surface area contributed by atoms with Crippen molar-refractivity contribution in [1.82, 2.24) is 40.2 Å². The zero-order valence-corrected chi connectivity index (χ0v) is 33.4. The van der Waals surface area contributed by atoms with E-state index in [0.29, 0.717) is 32.7 Å². The zero-order valence-electron chi connectivity index (χ0n) is 33.4. The van der Waals surface area contributed by atoms with Crippen LogP contribution in [0.1, 0.15) is 82.5 Å². The lowest BCUT2D eigenvalue weighted by Crippen LogP contribution is -2.47. The number of benzene rings is 2. The van der Waals surface area contributed by atoms with Crippen molar-refractivity contribution in [3.05, 3.63) is 106 Å². The average Bonchev–Trinajstić information content (AvgIpc) is 3.66. The van der Waals surface area contributed by atoms with E-state index in [1.807, 2.05) is 28.8 Å². The Kier molecular flexibility index (Phi) is 12.5. The highest BCUT2D eigenvalue weighted by atomic mass is 16.5. The van der Waals surface area contributed by atoms with Gasteiger partial charge in [0.15, 0.2) is 5.65 Å². The Balaban J connectivity index is 1.00. The molecule has 2 fully saturated rings. The topological polar surface area (TPSA) is 147 Å². The van der Waals surface area contributed by atoms with Gasteiger partial charge in [-0.1, -0.05) is 43.3 Å². The van der Waals surface area contributed by atoms with Crippen LogP contribution < -0.4 is 16.0 Å². The van der Waals surface area contributed by atoms with Gasteiger partial charge in [0.25, 0.3) is 11.8 Å². The van der Waals surface area contributed by atoms with E-state index in [4.69, 9.17) is 9.72 Å². The molecule has 2 aliphatic heterocycles. The number of hydrogen-bond donors (Lipinski definition) is 3. The first-order valence-electron chi connectivity index (χ1n) is 20.1. The molecule has 0 spiro atoms. The van der Waals surface area contributed by atoms with E-state index in [1.54, 1.807) is 25.1 Å². The minimum absolute atomic E-state index is 0.134. The maximum absolute atomic E-state index is 13.6. The molecule has 3 aromatic heterocycles. The number of nitrogens with zero attached hydrogens (tertiary/aromatic N) is 6. The molecule has 0 radical (unpaired) electrons. The predicted molar refractivity (Wildman–Crippen MR) is 221 cm³/mol. The molecule has 0 unspecified atom stereocenters. The maximum Gasteiger partial charge on any atom is 0.270 e. The van der Waals surface area contributed by atoms with Gasteiger partial charge in [-0.3, -0.25) is 19.3 Å². The molecular formula is C44H53N9O4. The van der Waals surface area contributed by atoms with Crippen LogP contribution >= 0.6 is 0 Å². The quantitative estimate of drug-likeness (QED) is 0.141. The minimum atomic E-state index is -0.378. The van der Waals surface area contributed by atoms with Crippen LogP contribution in [0, 0.1) is 6.92 Å². The first kappa shape index (κ1) is 39.6. The van der Waals surface area contributed by atoms with Crippen molar-refractivity contribution >= 4 is 34.4 Å². The highest BCUT2D eigenvalue weighted by molar-refractivity contribution is 5.97. The van der Waals surface area contributed by atoms with Crippen molar-refractivity contribution < 1.29 is 19.1 Å². The van der Waals surface area contributed by atoms with Crippen LogP contribution in [0.4, 0.5) is 5.69 Å². The van der Waals surface area contributed by atoms with Gasteiger partial charge >= 0.3 is 0 Å². The van der Waals surface area contributed by atoms with Gasteiger partial charge in [0, 0.05) is 89.8 Å². The van der Waals surface area contributed by atoms with Gasteiger partial charge in [0.2, 0.25) is 5.91 Å². The minimum Gasteiger partial charge on any atom is -0.381 e. The lowest BCUT2D eigenvalue weighted by molar-refractivity contribution is -0.130. The Bertz CT molecular complexity index is 2240. The second kappa shape index (κ2) is 18.1. The van der Waals surface area contributed by atoms with E-state index < -0.39 is 0 Å².